The van der Waals surface area contributed by atoms with Gasteiger partial charge in [0, 0.05) is 55.0 Å². The van der Waals surface area contributed by atoms with E-state index >= 15 is 0 Å². The Labute approximate surface area is 362 Å². The topological polar surface area (TPSA) is 21.3 Å². The zero-order valence-corrected chi connectivity index (χ0v) is 36.2. The minimum absolute atomic E-state index is 0.0366. The molecule has 0 radical (unpaired) electrons. The fourth-order valence-corrected chi connectivity index (χ4v) is 12.5. The van der Waals surface area contributed by atoms with Crippen molar-refractivity contribution in [1.82, 2.24) is 4.57 Å². The van der Waals surface area contributed by atoms with Gasteiger partial charge in [-0.2, -0.15) is 0 Å². The highest BCUT2D eigenvalue weighted by atomic mass is 16.3. The summed E-state index contributed by atoms with van der Waals surface area (Å²) in [6.07, 6.45) is 0. The molecule has 0 amide bonds. The molecular formula is C58H45BN2O. The van der Waals surface area contributed by atoms with Crippen LogP contribution in [0.25, 0.3) is 82.8 Å². The number of nitrogens with zero attached hydrogens (tertiary/aromatic N) is 2. The second-order valence-electron chi connectivity index (χ2n) is 20.5. The van der Waals surface area contributed by atoms with E-state index in [1.165, 1.54) is 116 Å². The van der Waals surface area contributed by atoms with Crippen molar-refractivity contribution in [3.8, 4) is 39.1 Å². The van der Waals surface area contributed by atoms with Crippen LogP contribution in [-0.2, 0) is 16.2 Å². The molecule has 0 bridgehead atoms. The summed E-state index contributed by atoms with van der Waals surface area (Å²) in [5.74, 6) is 0. The molecule has 14 rings (SSSR count). The van der Waals surface area contributed by atoms with Crippen LogP contribution in [0.2, 0.25) is 0 Å². The van der Waals surface area contributed by atoms with Gasteiger partial charge >= 0.3 is 6.85 Å². The molecule has 4 aliphatic rings. The monoisotopic (exact) mass is 796 g/mol. The van der Waals surface area contributed by atoms with Crippen molar-refractivity contribution in [2.75, 3.05) is 4.81 Å². The fraction of sp³-hybridized carbons (Fsp3) is 0.172. The Bertz CT molecular complexity index is 3680. The molecule has 0 N–H and O–H groups in total. The maximum atomic E-state index is 6.59. The third-order valence-corrected chi connectivity index (χ3v) is 15.5. The molecule has 10 aromatic rings. The Hall–Kier alpha value is -6.78. The smallest absolute Gasteiger partial charge is 0.333 e. The molecule has 0 atom stereocenters. The predicted octanol–water partition coefficient (Wildman–Crippen LogP) is 13.8. The van der Waals surface area contributed by atoms with Crippen molar-refractivity contribution in [1.29, 1.82) is 0 Å². The molecule has 0 unspecified atom stereocenters. The summed E-state index contributed by atoms with van der Waals surface area (Å²) in [5, 5.41) is 4.89. The van der Waals surface area contributed by atoms with Crippen molar-refractivity contribution in [3.63, 3.8) is 0 Å². The minimum atomic E-state index is -0.151. The number of para-hydroxylation sites is 1. The van der Waals surface area contributed by atoms with E-state index in [-0.39, 0.29) is 23.1 Å². The summed E-state index contributed by atoms with van der Waals surface area (Å²) in [7, 11) is 0. The Morgan fingerprint density at radius 3 is 1.89 bits per heavy atom. The van der Waals surface area contributed by atoms with Crippen molar-refractivity contribution in [2.45, 2.75) is 64.7 Å². The highest BCUT2D eigenvalue weighted by Crippen LogP contribution is 2.56. The second-order valence-corrected chi connectivity index (χ2v) is 20.5. The zero-order chi connectivity index (χ0) is 41.8. The molecule has 4 heterocycles. The second kappa shape index (κ2) is 11.2. The van der Waals surface area contributed by atoms with Gasteiger partial charge in [-0.1, -0.05) is 146 Å². The number of hydrogen-bond donors (Lipinski definition) is 0. The van der Waals surface area contributed by atoms with Gasteiger partial charge in [0.2, 0.25) is 0 Å². The lowest BCUT2D eigenvalue weighted by atomic mass is 9.43. The molecule has 2 aromatic heterocycles. The maximum absolute atomic E-state index is 6.59. The van der Waals surface area contributed by atoms with Crippen LogP contribution in [0.1, 0.15) is 76.3 Å². The van der Waals surface area contributed by atoms with Crippen molar-refractivity contribution in [2.24, 2.45) is 0 Å². The van der Waals surface area contributed by atoms with E-state index in [1.54, 1.807) is 0 Å². The normalized spacial score (nSPS) is 15.9. The lowest BCUT2D eigenvalue weighted by Gasteiger charge is -2.43. The van der Waals surface area contributed by atoms with E-state index in [9.17, 15) is 0 Å². The highest BCUT2D eigenvalue weighted by molar-refractivity contribution is 6.93. The van der Waals surface area contributed by atoms with Gasteiger partial charge in [0.25, 0.3) is 0 Å². The van der Waals surface area contributed by atoms with Crippen LogP contribution in [0, 0.1) is 0 Å². The van der Waals surface area contributed by atoms with Crippen LogP contribution in [0.5, 0.6) is 0 Å². The van der Waals surface area contributed by atoms with Crippen molar-refractivity contribution < 1.29 is 4.42 Å². The van der Waals surface area contributed by atoms with Gasteiger partial charge < -0.3 is 13.8 Å². The first-order valence-corrected chi connectivity index (χ1v) is 22.3. The zero-order valence-electron chi connectivity index (χ0n) is 36.2. The van der Waals surface area contributed by atoms with Crippen LogP contribution < -0.4 is 15.7 Å². The molecule has 0 spiro atoms. The van der Waals surface area contributed by atoms with Gasteiger partial charge in [-0.15, -0.1) is 0 Å². The SMILES string of the molecule is CC(C)(C)c1ccc(N2B3c4cc5c(cc4-n4c6ccc7oc8ccccc8c7c6c6ccc(c3c64)-c3cc4c(cc32)-c2ccccc2C4(C)C)C(C)(C)c2ccccc2-5)cc1. The molecule has 3 nitrogen and oxygen atoms in total. The third kappa shape index (κ3) is 4.10. The molecule has 0 saturated carbocycles. The van der Waals surface area contributed by atoms with Crippen LogP contribution in [-0.4, -0.2) is 11.4 Å². The first-order chi connectivity index (χ1) is 29.9. The lowest BCUT2D eigenvalue weighted by molar-refractivity contribution is 0.590. The van der Waals surface area contributed by atoms with Crippen LogP contribution in [0.3, 0.4) is 0 Å². The van der Waals surface area contributed by atoms with Gasteiger partial charge in [0.1, 0.15) is 11.2 Å². The van der Waals surface area contributed by atoms with Crippen LogP contribution >= 0.6 is 0 Å². The van der Waals surface area contributed by atoms with Crippen molar-refractivity contribution in [3.05, 3.63) is 173 Å². The van der Waals surface area contributed by atoms with Gasteiger partial charge in [-0.25, -0.2) is 0 Å². The molecule has 8 aromatic carbocycles. The molecule has 62 heavy (non-hydrogen) atoms. The van der Waals surface area contributed by atoms with Gasteiger partial charge in [-0.05, 0) is 121 Å². The minimum Gasteiger partial charge on any atom is -0.456 e. The average molecular weight is 797 g/mol. The Kier molecular flexibility index (Phi) is 6.29. The van der Waals surface area contributed by atoms with E-state index in [1.807, 2.05) is 0 Å². The van der Waals surface area contributed by atoms with E-state index in [4.69, 9.17) is 4.42 Å². The number of aromatic nitrogens is 1. The fourth-order valence-electron chi connectivity index (χ4n) is 12.5. The van der Waals surface area contributed by atoms with Crippen LogP contribution in [0.4, 0.5) is 11.4 Å². The molecule has 0 saturated heterocycles. The standard InChI is InChI=1S/C58H45BN2O/c1-56(2,3)32-20-22-33(23-21-32)61-48-30-40-35-15-9-12-18-43(35)57(4,5)44(40)28-41(48)36-24-25-38-52-47(26-27-51-53(52)37-16-10-13-19-50(37)62-51)60-49-31-45-39(29-46(49)59(61)54(36)55(38)60)34-14-8-11-17-42(34)58(45,6)7/h8-31H,1-7H3. The predicted molar refractivity (Wildman–Crippen MR) is 261 cm³/mol. The molecule has 4 heteroatoms. The van der Waals surface area contributed by atoms with E-state index < -0.39 is 0 Å². The third-order valence-electron chi connectivity index (χ3n) is 15.5. The molecule has 0 fully saturated rings. The quantitative estimate of drug-likeness (QED) is 0.154. The number of hydrogen-bond acceptors (Lipinski definition) is 2. The molecule has 2 aliphatic carbocycles. The Balaban J connectivity index is 1.17. The number of anilines is 2. The number of rotatable bonds is 1. The maximum Gasteiger partial charge on any atom is 0.333 e. The Morgan fingerprint density at radius 2 is 1.16 bits per heavy atom. The van der Waals surface area contributed by atoms with Crippen molar-refractivity contribution >= 4 is 72.9 Å². The van der Waals surface area contributed by atoms with E-state index in [0.29, 0.717) is 0 Å². The van der Waals surface area contributed by atoms with Gasteiger partial charge in [-0.3, -0.25) is 0 Å². The first-order valence-electron chi connectivity index (χ1n) is 22.3. The highest BCUT2D eigenvalue weighted by Gasteiger charge is 2.48. The summed E-state index contributed by atoms with van der Waals surface area (Å²) < 4.78 is 9.23. The van der Waals surface area contributed by atoms with E-state index in [2.05, 4.69) is 203 Å². The lowest BCUT2D eigenvalue weighted by Crippen LogP contribution is -2.60. The molecular weight excluding hydrogens is 751 g/mol. The summed E-state index contributed by atoms with van der Waals surface area (Å²) in [6, 6.07) is 55.8. The van der Waals surface area contributed by atoms with Gasteiger partial charge in [0.15, 0.2) is 0 Å². The molecule has 296 valence electrons. The summed E-state index contributed by atoms with van der Waals surface area (Å²) in [6.45, 7) is 16.5. The van der Waals surface area contributed by atoms with Gasteiger partial charge in [0.05, 0.1) is 11.0 Å². The Morgan fingerprint density at radius 1 is 0.500 bits per heavy atom. The van der Waals surface area contributed by atoms with Crippen LogP contribution in [0.15, 0.2) is 150 Å². The number of fused-ring (bicyclic) bond motifs is 18. The summed E-state index contributed by atoms with van der Waals surface area (Å²) >= 11 is 0. The largest absolute Gasteiger partial charge is 0.456 e. The number of furan rings is 1. The van der Waals surface area contributed by atoms with E-state index in [0.717, 1.165) is 16.6 Å². The number of benzene rings is 8. The first kappa shape index (κ1) is 34.9. The summed E-state index contributed by atoms with van der Waals surface area (Å²) in [4.78, 5) is 2.71. The average Bonchev–Trinajstić information content (AvgIpc) is 3.95. The molecule has 2 aliphatic heterocycles. The summed E-state index contributed by atoms with van der Waals surface area (Å²) in [5.41, 5.74) is 25.5.